The molecule has 5 nitrogen and oxygen atoms in total. The predicted octanol–water partition coefficient (Wildman–Crippen LogP) is 3.42. The van der Waals surface area contributed by atoms with E-state index >= 15 is 0 Å². The Balaban J connectivity index is 2.28. The normalized spacial score (nSPS) is 11.1. The zero-order valence-electron chi connectivity index (χ0n) is 12.9. The van der Waals surface area contributed by atoms with Gasteiger partial charge in [-0.3, -0.25) is 4.72 Å². The molecule has 0 aliphatic heterocycles. The number of rotatable bonds is 7. The van der Waals surface area contributed by atoms with E-state index < -0.39 is 15.8 Å². The van der Waals surface area contributed by atoms with Crippen molar-refractivity contribution in [1.82, 2.24) is 0 Å². The topological polar surface area (TPSA) is 64.6 Å². The fourth-order valence-corrected chi connectivity index (χ4v) is 2.99. The Labute approximate surface area is 135 Å². The summed E-state index contributed by atoms with van der Waals surface area (Å²) in [5.74, 6) is 0.497. The summed E-state index contributed by atoms with van der Waals surface area (Å²) in [4.78, 5) is -0.0225. The molecule has 0 aliphatic carbocycles. The molecule has 1 N–H and O–H groups in total. The van der Waals surface area contributed by atoms with Gasteiger partial charge in [0.15, 0.2) is 11.5 Å². The zero-order chi connectivity index (χ0) is 16.9. The Morgan fingerprint density at radius 1 is 0.957 bits per heavy atom. The van der Waals surface area contributed by atoms with Crippen molar-refractivity contribution in [1.29, 1.82) is 0 Å². The van der Waals surface area contributed by atoms with Gasteiger partial charge in [-0.05, 0) is 50.2 Å². The largest absolute Gasteiger partial charge is 0.490 e. The van der Waals surface area contributed by atoms with Crippen molar-refractivity contribution in [2.24, 2.45) is 0 Å². The fourth-order valence-electron chi connectivity index (χ4n) is 1.94. The summed E-state index contributed by atoms with van der Waals surface area (Å²) in [6.45, 7) is 4.57. The second-order valence-corrected chi connectivity index (χ2v) is 6.27. The SMILES string of the molecule is CCOc1ccc(NS(=O)(=O)c2ccc(F)cc2)cc1OCC. The highest BCUT2D eigenvalue weighted by atomic mass is 32.2. The molecule has 0 heterocycles. The number of sulfonamides is 1. The molecular weight excluding hydrogens is 321 g/mol. The number of anilines is 1. The Kier molecular flexibility index (Phi) is 5.44. The Bertz CT molecular complexity index is 760. The van der Waals surface area contributed by atoms with E-state index in [0.29, 0.717) is 30.4 Å². The van der Waals surface area contributed by atoms with Crippen LogP contribution in [0.2, 0.25) is 0 Å². The zero-order valence-corrected chi connectivity index (χ0v) is 13.7. The third-order valence-corrected chi connectivity index (χ3v) is 4.32. The first-order valence-electron chi connectivity index (χ1n) is 7.14. The van der Waals surface area contributed by atoms with E-state index in [1.54, 1.807) is 18.2 Å². The maximum atomic E-state index is 12.9. The van der Waals surface area contributed by atoms with Crippen LogP contribution in [0, 0.1) is 5.82 Å². The lowest BCUT2D eigenvalue weighted by Crippen LogP contribution is -2.13. The number of hydrogen-bond acceptors (Lipinski definition) is 4. The Morgan fingerprint density at radius 3 is 2.17 bits per heavy atom. The average Bonchev–Trinajstić information content (AvgIpc) is 2.50. The lowest BCUT2D eigenvalue weighted by molar-refractivity contribution is 0.288. The maximum Gasteiger partial charge on any atom is 0.261 e. The van der Waals surface area contributed by atoms with Crippen LogP contribution in [-0.4, -0.2) is 21.6 Å². The monoisotopic (exact) mass is 339 g/mol. The Hall–Kier alpha value is -2.28. The molecule has 0 fully saturated rings. The van der Waals surface area contributed by atoms with E-state index in [1.807, 2.05) is 13.8 Å². The number of halogens is 1. The van der Waals surface area contributed by atoms with Crippen molar-refractivity contribution in [3.63, 3.8) is 0 Å². The highest BCUT2D eigenvalue weighted by Gasteiger charge is 2.15. The van der Waals surface area contributed by atoms with Gasteiger partial charge in [0.1, 0.15) is 5.82 Å². The molecule has 124 valence electrons. The molecule has 2 aromatic rings. The van der Waals surface area contributed by atoms with Crippen molar-refractivity contribution >= 4 is 15.7 Å². The molecule has 23 heavy (non-hydrogen) atoms. The molecule has 2 aromatic carbocycles. The molecule has 0 atom stereocenters. The average molecular weight is 339 g/mol. The summed E-state index contributed by atoms with van der Waals surface area (Å²) in [5, 5.41) is 0. The summed E-state index contributed by atoms with van der Waals surface area (Å²) in [7, 11) is -3.80. The van der Waals surface area contributed by atoms with Crippen LogP contribution >= 0.6 is 0 Å². The molecular formula is C16H18FNO4S. The first-order valence-corrected chi connectivity index (χ1v) is 8.62. The molecule has 0 bridgehead atoms. The minimum Gasteiger partial charge on any atom is -0.490 e. The summed E-state index contributed by atoms with van der Waals surface area (Å²) >= 11 is 0. The molecule has 0 aromatic heterocycles. The number of nitrogens with one attached hydrogen (secondary N) is 1. The van der Waals surface area contributed by atoms with Crippen LogP contribution in [0.15, 0.2) is 47.4 Å². The van der Waals surface area contributed by atoms with E-state index in [4.69, 9.17) is 9.47 Å². The van der Waals surface area contributed by atoms with Crippen LogP contribution in [0.4, 0.5) is 10.1 Å². The summed E-state index contributed by atoms with van der Waals surface area (Å²) in [6.07, 6.45) is 0. The summed E-state index contributed by atoms with van der Waals surface area (Å²) in [5.41, 5.74) is 0.334. The third-order valence-electron chi connectivity index (χ3n) is 2.92. The van der Waals surface area contributed by atoms with Gasteiger partial charge in [0.2, 0.25) is 0 Å². The van der Waals surface area contributed by atoms with Gasteiger partial charge in [-0.1, -0.05) is 0 Å². The van der Waals surface area contributed by atoms with Gasteiger partial charge in [0, 0.05) is 6.07 Å². The van der Waals surface area contributed by atoms with Crippen LogP contribution in [0.5, 0.6) is 11.5 Å². The highest BCUT2D eigenvalue weighted by Crippen LogP contribution is 2.31. The molecule has 2 rings (SSSR count). The van der Waals surface area contributed by atoms with Crippen LogP contribution in [-0.2, 0) is 10.0 Å². The van der Waals surface area contributed by atoms with Crippen LogP contribution in [0.1, 0.15) is 13.8 Å². The van der Waals surface area contributed by atoms with Gasteiger partial charge >= 0.3 is 0 Å². The molecule has 0 saturated carbocycles. The summed E-state index contributed by atoms with van der Waals surface area (Å²) in [6, 6.07) is 9.36. The lowest BCUT2D eigenvalue weighted by Gasteiger charge is -2.13. The molecule has 0 saturated heterocycles. The van der Waals surface area contributed by atoms with Gasteiger partial charge < -0.3 is 9.47 Å². The van der Waals surface area contributed by atoms with Gasteiger partial charge in [-0.25, -0.2) is 12.8 Å². The molecule has 0 spiro atoms. The van der Waals surface area contributed by atoms with Crippen molar-refractivity contribution < 1.29 is 22.3 Å². The van der Waals surface area contributed by atoms with Crippen molar-refractivity contribution in [3.8, 4) is 11.5 Å². The number of benzene rings is 2. The Morgan fingerprint density at radius 2 is 1.57 bits per heavy atom. The van der Waals surface area contributed by atoms with Crippen molar-refractivity contribution in [2.45, 2.75) is 18.7 Å². The molecule has 0 unspecified atom stereocenters. The van der Waals surface area contributed by atoms with E-state index in [-0.39, 0.29) is 4.90 Å². The minimum absolute atomic E-state index is 0.0225. The quantitative estimate of drug-likeness (QED) is 0.839. The molecule has 0 amide bonds. The van der Waals surface area contributed by atoms with Crippen LogP contribution < -0.4 is 14.2 Å². The molecule has 7 heteroatoms. The van der Waals surface area contributed by atoms with Crippen molar-refractivity contribution in [3.05, 3.63) is 48.3 Å². The summed E-state index contributed by atoms with van der Waals surface area (Å²) < 4.78 is 50.8. The van der Waals surface area contributed by atoms with Crippen LogP contribution in [0.3, 0.4) is 0 Å². The van der Waals surface area contributed by atoms with E-state index in [2.05, 4.69) is 4.72 Å². The smallest absolute Gasteiger partial charge is 0.261 e. The second kappa shape index (κ2) is 7.32. The van der Waals surface area contributed by atoms with E-state index in [1.165, 1.54) is 12.1 Å². The van der Waals surface area contributed by atoms with Gasteiger partial charge in [0.05, 0.1) is 23.8 Å². The minimum atomic E-state index is -3.80. The lowest BCUT2D eigenvalue weighted by atomic mass is 10.3. The first-order chi connectivity index (χ1) is 11.0. The number of ether oxygens (including phenoxy) is 2. The van der Waals surface area contributed by atoms with Gasteiger partial charge in [0.25, 0.3) is 10.0 Å². The van der Waals surface area contributed by atoms with Gasteiger partial charge in [-0.2, -0.15) is 0 Å². The first kappa shape index (κ1) is 17.1. The van der Waals surface area contributed by atoms with E-state index in [0.717, 1.165) is 12.1 Å². The fraction of sp³-hybridized carbons (Fsp3) is 0.250. The van der Waals surface area contributed by atoms with Crippen molar-refractivity contribution in [2.75, 3.05) is 17.9 Å². The predicted molar refractivity (Wildman–Crippen MR) is 86.0 cm³/mol. The molecule has 0 aliphatic rings. The third kappa shape index (κ3) is 4.35. The molecule has 0 radical (unpaired) electrons. The highest BCUT2D eigenvalue weighted by molar-refractivity contribution is 7.92. The maximum absolute atomic E-state index is 12.9. The van der Waals surface area contributed by atoms with Crippen LogP contribution in [0.25, 0.3) is 0 Å². The van der Waals surface area contributed by atoms with Gasteiger partial charge in [-0.15, -0.1) is 0 Å². The standard InChI is InChI=1S/C16H18FNO4S/c1-3-21-15-10-7-13(11-16(15)22-4-2)18-23(19,20)14-8-5-12(17)6-9-14/h5-11,18H,3-4H2,1-2H3. The van der Waals surface area contributed by atoms with E-state index in [9.17, 15) is 12.8 Å². The number of hydrogen-bond donors (Lipinski definition) is 1. The second-order valence-electron chi connectivity index (χ2n) is 4.59.